The second kappa shape index (κ2) is 4.37. The summed E-state index contributed by atoms with van der Waals surface area (Å²) in [6.07, 6.45) is 0. The summed E-state index contributed by atoms with van der Waals surface area (Å²) in [5.41, 5.74) is 6.09. The Labute approximate surface area is 97.1 Å². The van der Waals surface area contributed by atoms with Gasteiger partial charge in [0.25, 0.3) is 5.91 Å². The summed E-state index contributed by atoms with van der Waals surface area (Å²) in [5, 5.41) is 17.5. The molecule has 0 aliphatic heterocycles. The van der Waals surface area contributed by atoms with Gasteiger partial charge in [-0.3, -0.25) is 9.89 Å². The Morgan fingerprint density at radius 1 is 1.41 bits per heavy atom. The van der Waals surface area contributed by atoms with E-state index in [0.29, 0.717) is 5.56 Å². The first-order chi connectivity index (χ1) is 8.22. The Hall–Kier alpha value is -2.81. The number of carbonyl (C=O) groups excluding carboxylic acids is 1. The van der Waals surface area contributed by atoms with Crippen LogP contribution in [-0.4, -0.2) is 16.1 Å². The number of nitrogens with one attached hydrogen (secondary N) is 2. The molecular weight excluding hydrogens is 218 g/mol. The zero-order valence-electron chi connectivity index (χ0n) is 8.77. The lowest BCUT2D eigenvalue weighted by Gasteiger charge is -2.01. The van der Waals surface area contributed by atoms with Gasteiger partial charge in [0.1, 0.15) is 17.5 Å². The molecule has 2 aromatic rings. The van der Waals surface area contributed by atoms with Gasteiger partial charge in [-0.15, -0.1) is 0 Å². The van der Waals surface area contributed by atoms with E-state index in [9.17, 15) is 4.79 Å². The monoisotopic (exact) mass is 227 g/mol. The largest absolute Gasteiger partial charge is 0.383 e. The molecule has 17 heavy (non-hydrogen) atoms. The van der Waals surface area contributed by atoms with Gasteiger partial charge < -0.3 is 11.1 Å². The molecule has 1 aromatic heterocycles. The Balaban J connectivity index is 2.23. The molecule has 0 bridgehead atoms. The summed E-state index contributed by atoms with van der Waals surface area (Å²) in [4.78, 5) is 11.8. The molecule has 0 aliphatic carbocycles. The molecule has 6 nitrogen and oxygen atoms in total. The lowest BCUT2D eigenvalue weighted by molar-refractivity contribution is 0.102. The van der Waals surface area contributed by atoms with Crippen molar-refractivity contribution in [2.24, 2.45) is 0 Å². The van der Waals surface area contributed by atoms with Crippen molar-refractivity contribution in [2.75, 3.05) is 11.1 Å². The number of nitrogens with two attached hydrogens (primary N) is 1. The lowest BCUT2D eigenvalue weighted by atomic mass is 10.2. The normalized spacial score (nSPS) is 9.59. The number of H-pyrrole nitrogens is 1. The van der Waals surface area contributed by atoms with Gasteiger partial charge in [0.05, 0.1) is 0 Å². The highest BCUT2D eigenvalue weighted by atomic mass is 16.1. The van der Waals surface area contributed by atoms with Gasteiger partial charge in [0, 0.05) is 5.56 Å². The van der Waals surface area contributed by atoms with Crippen LogP contribution in [0.4, 0.5) is 11.6 Å². The molecule has 0 aliphatic rings. The minimum Gasteiger partial charge on any atom is -0.383 e. The van der Waals surface area contributed by atoms with Crippen LogP contribution in [0.25, 0.3) is 0 Å². The number of aromatic nitrogens is 2. The molecule has 1 heterocycles. The summed E-state index contributed by atoms with van der Waals surface area (Å²) < 4.78 is 0. The third kappa shape index (κ3) is 2.08. The van der Waals surface area contributed by atoms with Crippen LogP contribution in [0.1, 0.15) is 15.9 Å². The van der Waals surface area contributed by atoms with E-state index in [1.54, 1.807) is 24.3 Å². The number of rotatable bonds is 2. The van der Waals surface area contributed by atoms with Crippen LogP contribution < -0.4 is 11.1 Å². The fraction of sp³-hybridized carbons (Fsp3) is 0. The van der Waals surface area contributed by atoms with Crippen molar-refractivity contribution in [3.05, 3.63) is 41.5 Å². The fourth-order valence-electron chi connectivity index (χ4n) is 1.33. The zero-order chi connectivity index (χ0) is 12.3. The van der Waals surface area contributed by atoms with Gasteiger partial charge in [-0.2, -0.15) is 10.4 Å². The minimum atomic E-state index is -0.339. The number of anilines is 2. The number of nitrogen functional groups attached to an aromatic ring is 1. The van der Waals surface area contributed by atoms with Crippen molar-refractivity contribution in [1.29, 1.82) is 5.26 Å². The van der Waals surface area contributed by atoms with Gasteiger partial charge in [0.2, 0.25) is 0 Å². The molecule has 0 fully saturated rings. The highest BCUT2D eigenvalue weighted by Crippen LogP contribution is 2.17. The van der Waals surface area contributed by atoms with Crippen molar-refractivity contribution >= 4 is 17.5 Å². The van der Waals surface area contributed by atoms with Crippen LogP contribution in [0, 0.1) is 11.3 Å². The first-order valence-corrected chi connectivity index (χ1v) is 4.82. The predicted octanol–water partition coefficient (Wildman–Crippen LogP) is 1.12. The number of amides is 1. The van der Waals surface area contributed by atoms with E-state index in [4.69, 9.17) is 11.0 Å². The van der Waals surface area contributed by atoms with Crippen LogP contribution in [0.15, 0.2) is 30.3 Å². The third-order valence-electron chi connectivity index (χ3n) is 2.17. The summed E-state index contributed by atoms with van der Waals surface area (Å²) in [6, 6.07) is 10.5. The molecule has 0 radical (unpaired) electrons. The molecule has 0 atom stereocenters. The average molecular weight is 227 g/mol. The molecule has 4 N–H and O–H groups in total. The first-order valence-electron chi connectivity index (χ1n) is 4.82. The quantitative estimate of drug-likeness (QED) is 0.714. The highest BCUT2D eigenvalue weighted by Gasteiger charge is 2.13. The molecule has 1 aromatic carbocycles. The Bertz CT molecular complexity index is 582. The zero-order valence-corrected chi connectivity index (χ0v) is 8.77. The number of nitriles is 1. The van der Waals surface area contributed by atoms with Crippen LogP contribution in [-0.2, 0) is 0 Å². The van der Waals surface area contributed by atoms with Crippen LogP contribution in [0.5, 0.6) is 0 Å². The van der Waals surface area contributed by atoms with E-state index >= 15 is 0 Å². The summed E-state index contributed by atoms with van der Waals surface area (Å²) in [6.45, 7) is 0. The van der Waals surface area contributed by atoms with Gasteiger partial charge in [-0.05, 0) is 12.1 Å². The summed E-state index contributed by atoms with van der Waals surface area (Å²) in [7, 11) is 0. The van der Waals surface area contributed by atoms with Crippen LogP contribution in [0.3, 0.4) is 0 Å². The van der Waals surface area contributed by atoms with Crippen molar-refractivity contribution < 1.29 is 4.79 Å². The number of nitrogens with zero attached hydrogens (tertiary/aromatic N) is 2. The molecule has 0 unspecified atom stereocenters. The number of hydrogen-bond donors (Lipinski definition) is 3. The second-order valence-corrected chi connectivity index (χ2v) is 3.29. The van der Waals surface area contributed by atoms with Gasteiger partial charge in [-0.25, -0.2) is 0 Å². The maximum Gasteiger partial charge on any atom is 0.256 e. The SMILES string of the molecule is N#Cc1c(NC(=O)c2ccccc2)n[nH]c1N. The van der Waals surface area contributed by atoms with Crippen LogP contribution >= 0.6 is 0 Å². The van der Waals surface area contributed by atoms with E-state index in [1.807, 2.05) is 12.1 Å². The highest BCUT2D eigenvalue weighted by molar-refractivity contribution is 6.04. The standard InChI is InChI=1S/C11H9N5O/c12-6-8-9(13)15-16-10(8)14-11(17)7-4-2-1-3-5-7/h1-5H,(H4,13,14,15,16,17). The first kappa shape index (κ1) is 10.7. The summed E-state index contributed by atoms with van der Waals surface area (Å²) in [5.74, 6) is -0.0664. The van der Waals surface area contributed by atoms with Crippen LogP contribution in [0.2, 0.25) is 0 Å². The van der Waals surface area contributed by atoms with Crippen molar-refractivity contribution in [1.82, 2.24) is 10.2 Å². The summed E-state index contributed by atoms with van der Waals surface area (Å²) >= 11 is 0. The van der Waals surface area contributed by atoms with E-state index in [2.05, 4.69) is 15.5 Å². The third-order valence-corrected chi connectivity index (χ3v) is 2.17. The van der Waals surface area contributed by atoms with E-state index in [0.717, 1.165) is 0 Å². The fourth-order valence-corrected chi connectivity index (χ4v) is 1.33. The van der Waals surface area contributed by atoms with E-state index in [-0.39, 0.29) is 23.1 Å². The molecule has 2 rings (SSSR count). The Morgan fingerprint density at radius 2 is 2.12 bits per heavy atom. The number of benzene rings is 1. The number of carbonyl (C=O) groups is 1. The lowest BCUT2D eigenvalue weighted by Crippen LogP contribution is -2.12. The molecule has 0 saturated carbocycles. The Morgan fingerprint density at radius 3 is 2.76 bits per heavy atom. The number of aromatic amines is 1. The number of hydrogen-bond acceptors (Lipinski definition) is 4. The molecule has 0 spiro atoms. The molecule has 84 valence electrons. The minimum absolute atomic E-state index is 0.134. The maximum absolute atomic E-state index is 11.8. The molecular formula is C11H9N5O. The van der Waals surface area contributed by atoms with Crippen molar-refractivity contribution in [3.63, 3.8) is 0 Å². The van der Waals surface area contributed by atoms with E-state index < -0.39 is 0 Å². The predicted molar refractivity (Wildman–Crippen MR) is 62.1 cm³/mol. The Kier molecular flexibility index (Phi) is 2.75. The average Bonchev–Trinajstić information content (AvgIpc) is 2.71. The van der Waals surface area contributed by atoms with Gasteiger partial charge in [0.15, 0.2) is 5.82 Å². The van der Waals surface area contributed by atoms with Gasteiger partial charge >= 0.3 is 0 Å². The molecule has 1 amide bonds. The van der Waals surface area contributed by atoms with E-state index in [1.165, 1.54) is 0 Å². The molecule has 0 saturated heterocycles. The van der Waals surface area contributed by atoms with Crippen molar-refractivity contribution in [2.45, 2.75) is 0 Å². The second-order valence-electron chi connectivity index (χ2n) is 3.29. The molecule has 6 heteroatoms. The topological polar surface area (TPSA) is 108 Å². The van der Waals surface area contributed by atoms with Gasteiger partial charge in [-0.1, -0.05) is 18.2 Å². The maximum atomic E-state index is 11.8. The smallest absolute Gasteiger partial charge is 0.256 e. The van der Waals surface area contributed by atoms with Crippen molar-refractivity contribution in [3.8, 4) is 6.07 Å².